The highest BCUT2D eigenvalue weighted by atomic mass is 32.2. The zero-order valence-corrected chi connectivity index (χ0v) is 14.3. The minimum atomic E-state index is -0.0508. The second-order valence-electron chi connectivity index (χ2n) is 5.78. The van der Waals surface area contributed by atoms with Gasteiger partial charge in [-0.3, -0.25) is 9.48 Å². The Labute approximate surface area is 144 Å². The first-order chi connectivity index (χ1) is 11.6. The molecule has 2 aromatic heterocycles. The molecule has 1 amide bonds. The molecule has 24 heavy (non-hydrogen) atoms. The van der Waals surface area contributed by atoms with Crippen LogP contribution in [0.2, 0.25) is 0 Å². The van der Waals surface area contributed by atoms with Gasteiger partial charge in [-0.1, -0.05) is 30.3 Å². The first kappa shape index (κ1) is 15.1. The summed E-state index contributed by atoms with van der Waals surface area (Å²) < 4.78 is 7.85. The van der Waals surface area contributed by atoms with Crippen molar-refractivity contribution in [2.75, 3.05) is 11.1 Å². The van der Waals surface area contributed by atoms with Gasteiger partial charge < -0.3 is 9.73 Å². The molecular formula is C18H17N3O2S. The number of hydrogen-bond donors (Lipinski definition) is 1. The molecule has 0 fully saturated rings. The molecule has 6 heteroatoms. The van der Waals surface area contributed by atoms with Gasteiger partial charge >= 0.3 is 0 Å². The van der Waals surface area contributed by atoms with Gasteiger partial charge in [0.25, 0.3) is 0 Å². The van der Waals surface area contributed by atoms with Crippen LogP contribution in [0.1, 0.15) is 22.3 Å². The number of anilines is 1. The molecular weight excluding hydrogens is 322 g/mol. The van der Waals surface area contributed by atoms with Crippen molar-refractivity contribution in [1.29, 1.82) is 0 Å². The smallest absolute Gasteiger partial charge is 0.235 e. The van der Waals surface area contributed by atoms with Gasteiger partial charge in [0.2, 0.25) is 5.91 Å². The summed E-state index contributed by atoms with van der Waals surface area (Å²) in [5.74, 6) is 2.80. The van der Waals surface area contributed by atoms with Crippen molar-refractivity contribution in [3.63, 3.8) is 0 Å². The van der Waals surface area contributed by atoms with E-state index >= 15 is 0 Å². The summed E-state index contributed by atoms with van der Waals surface area (Å²) in [5, 5.41) is 7.35. The second kappa shape index (κ2) is 5.87. The monoisotopic (exact) mass is 339 g/mol. The molecule has 0 saturated carbocycles. The van der Waals surface area contributed by atoms with Gasteiger partial charge in [0.05, 0.1) is 16.7 Å². The number of benzene rings is 1. The molecule has 3 aromatic rings. The largest absolute Gasteiger partial charge is 0.460 e. The van der Waals surface area contributed by atoms with Crippen LogP contribution < -0.4 is 5.32 Å². The molecule has 1 N–H and O–H groups in total. The van der Waals surface area contributed by atoms with Crippen molar-refractivity contribution in [3.8, 4) is 11.3 Å². The third kappa shape index (κ3) is 2.53. The van der Waals surface area contributed by atoms with E-state index in [1.54, 1.807) is 16.4 Å². The Morgan fingerprint density at radius 2 is 2.04 bits per heavy atom. The standard InChI is InChI=1S/C18H17N3O2S/c1-11-16-17(24-10-15(22)19-18(16)21(2)20-11)14-9-8-13(23-14)12-6-4-3-5-7-12/h3-9,17H,10H2,1-2H3,(H,19,22)/t17-/m0/s1. The van der Waals surface area contributed by atoms with Crippen molar-refractivity contribution in [3.05, 3.63) is 59.5 Å². The fraction of sp³-hybridized carbons (Fsp3) is 0.222. The zero-order valence-electron chi connectivity index (χ0n) is 13.4. The molecule has 0 saturated heterocycles. The average Bonchev–Trinajstić information content (AvgIpc) is 3.11. The highest BCUT2D eigenvalue weighted by molar-refractivity contribution is 8.00. The van der Waals surface area contributed by atoms with Crippen LogP contribution in [-0.2, 0) is 11.8 Å². The Bertz CT molecular complexity index is 898. The molecule has 1 aliphatic heterocycles. The molecule has 0 radical (unpaired) electrons. The van der Waals surface area contributed by atoms with Gasteiger partial charge in [0.15, 0.2) is 0 Å². The van der Waals surface area contributed by atoms with E-state index < -0.39 is 0 Å². The Hall–Kier alpha value is -2.47. The van der Waals surface area contributed by atoms with E-state index in [0.717, 1.165) is 34.2 Å². The molecule has 0 unspecified atom stereocenters. The van der Waals surface area contributed by atoms with Gasteiger partial charge in [0, 0.05) is 18.2 Å². The Balaban J connectivity index is 1.77. The molecule has 4 rings (SSSR count). The number of carbonyl (C=O) groups excluding carboxylic acids is 1. The number of nitrogens with one attached hydrogen (secondary N) is 1. The predicted molar refractivity (Wildman–Crippen MR) is 95.0 cm³/mol. The Morgan fingerprint density at radius 3 is 2.83 bits per heavy atom. The minimum absolute atomic E-state index is 0.0124. The van der Waals surface area contributed by atoms with E-state index in [4.69, 9.17) is 4.42 Å². The number of furan rings is 1. The Morgan fingerprint density at radius 1 is 1.25 bits per heavy atom. The number of thioether (sulfide) groups is 1. The fourth-order valence-electron chi connectivity index (χ4n) is 3.02. The molecule has 5 nitrogen and oxygen atoms in total. The summed E-state index contributed by atoms with van der Waals surface area (Å²) in [4.78, 5) is 12.0. The van der Waals surface area contributed by atoms with Crippen LogP contribution >= 0.6 is 11.8 Å². The Kier molecular flexibility index (Phi) is 3.69. The van der Waals surface area contributed by atoms with Gasteiger partial charge in [-0.2, -0.15) is 5.10 Å². The van der Waals surface area contributed by atoms with Crippen LogP contribution in [-0.4, -0.2) is 21.4 Å². The molecule has 0 spiro atoms. The number of fused-ring (bicyclic) bond motifs is 1. The van der Waals surface area contributed by atoms with Gasteiger partial charge in [-0.05, 0) is 19.1 Å². The van der Waals surface area contributed by atoms with Crippen LogP contribution in [0.25, 0.3) is 11.3 Å². The molecule has 0 bridgehead atoms. The van der Waals surface area contributed by atoms with Crippen LogP contribution in [0.5, 0.6) is 0 Å². The SMILES string of the molecule is Cc1nn(C)c2c1[C@H](c1ccc(-c3ccccc3)o1)SCC(=O)N2. The van der Waals surface area contributed by atoms with E-state index in [0.29, 0.717) is 5.75 Å². The van der Waals surface area contributed by atoms with Crippen molar-refractivity contribution in [1.82, 2.24) is 9.78 Å². The van der Waals surface area contributed by atoms with Crippen LogP contribution in [0.15, 0.2) is 46.9 Å². The van der Waals surface area contributed by atoms with Gasteiger partial charge in [0.1, 0.15) is 17.3 Å². The minimum Gasteiger partial charge on any atom is -0.460 e. The summed E-state index contributed by atoms with van der Waals surface area (Å²) in [6.45, 7) is 1.96. The van der Waals surface area contributed by atoms with E-state index in [1.807, 2.05) is 56.4 Å². The van der Waals surface area contributed by atoms with E-state index in [9.17, 15) is 4.79 Å². The lowest BCUT2D eigenvalue weighted by molar-refractivity contribution is -0.113. The summed E-state index contributed by atoms with van der Waals surface area (Å²) in [6, 6.07) is 14.0. The first-order valence-electron chi connectivity index (χ1n) is 7.73. The number of aromatic nitrogens is 2. The van der Waals surface area contributed by atoms with Crippen molar-refractivity contribution in [2.24, 2.45) is 7.05 Å². The summed E-state index contributed by atoms with van der Waals surface area (Å²) >= 11 is 1.56. The number of carbonyl (C=O) groups is 1. The molecule has 3 heterocycles. The number of rotatable bonds is 2. The summed E-state index contributed by atoms with van der Waals surface area (Å²) in [5.41, 5.74) is 2.96. The molecule has 0 aliphatic carbocycles. The third-order valence-electron chi connectivity index (χ3n) is 4.11. The maximum atomic E-state index is 12.0. The lowest BCUT2D eigenvalue weighted by Gasteiger charge is -2.12. The lowest BCUT2D eigenvalue weighted by Crippen LogP contribution is -2.15. The van der Waals surface area contributed by atoms with E-state index in [1.165, 1.54) is 0 Å². The first-order valence-corrected chi connectivity index (χ1v) is 8.78. The van der Waals surface area contributed by atoms with Crippen molar-refractivity contribution in [2.45, 2.75) is 12.2 Å². The molecule has 1 aromatic carbocycles. The summed E-state index contributed by atoms with van der Waals surface area (Å²) in [7, 11) is 1.84. The molecule has 1 aliphatic rings. The molecule has 122 valence electrons. The fourth-order valence-corrected chi connectivity index (χ4v) is 4.15. The number of hydrogen-bond acceptors (Lipinski definition) is 4. The summed E-state index contributed by atoms with van der Waals surface area (Å²) in [6.07, 6.45) is 0. The highest BCUT2D eigenvalue weighted by Gasteiger charge is 2.31. The topological polar surface area (TPSA) is 60.1 Å². The van der Waals surface area contributed by atoms with Crippen molar-refractivity contribution < 1.29 is 9.21 Å². The number of nitrogens with zero attached hydrogens (tertiary/aromatic N) is 2. The van der Waals surface area contributed by atoms with Crippen LogP contribution in [0.3, 0.4) is 0 Å². The average molecular weight is 339 g/mol. The van der Waals surface area contributed by atoms with Crippen LogP contribution in [0, 0.1) is 6.92 Å². The maximum Gasteiger partial charge on any atom is 0.235 e. The normalized spacial score (nSPS) is 17.2. The van der Waals surface area contributed by atoms with Gasteiger partial charge in [-0.25, -0.2) is 0 Å². The van der Waals surface area contributed by atoms with Crippen molar-refractivity contribution >= 4 is 23.5 Å². The number of aryl methyl sites for hydroxylation is 2. The second-order valence-corrected chi connectivity index (χ2v) is 6.87. The van der Waals surface area contributed by atoms with Gasteiger partial charge in [-0.15, -0.1) is 11.8 Å². The highest BCUT2D eigenvalue weighted by Crippen LogP contribution is 2.44. The predicted octanol–water partition coefficient (Wildman–Crippen LogP) is 3.76. The third-order valence-corrected chi connectivity index (χ3v) is 5.34. The zero-order chi connectivity index (χ0) is 16.7. The lowest BCUT2D eigenvalue weighted by atomic mass is 10.1. The quantitative estimate of drug-likeness (QED) is 0.772. The molecule has 1 atom stereocenters. The number of amides is 1. The van der Waals surface area contributed by atoms with Crippen LogP contribution in [0.4, 0.5) is 5.82 Å². The maximum absolute atomic E-state index is 12.0. The van der Waals surface area contributed by atoms with E-state index in [-0.39, 0.29) is 11.2 Å². The van der Waals surface area contributed by atoms with E-state index in [2.05, 4.69) is 10.4 Å².